The number of amides is 1. The van der Waals surface area contributed by atoms with Gasteiger partial charge in [0.05, 0.1) is 6.54 Å². The van der Waals surface area contributed by atoms with Gasteiger partial charge in [-0.3, -0.25) is 4.79 Å². The standard InChI is InChI=1S/C15H30N2O/c1-5-6-13(4)17-15(18)10-16-14-8-7-11(2)9-12(14)3/h11-14,16H,5-10H2,1-4H3,(H,17,18). The number of carbonyl (C=O) groups excluding carboxylic acids is 1. The highest BCUT2D eigenvalue weighted by molar-refractivity contribution is 5.78. The van der Waals surface area contributed by atoms with Crippen molar-refractivity contribution in [2.45, 2.75) is 71.9 Å². The highest BCUT2D eigenvalue weighted by Crippen LogP contribution is 2.28. The van der Waals surface area contributed by atoms with E-state index in [0.29, 0.717) is 24.5 Å². The fraction of sp³-hybridized carbons (Fsp3) is 0.933. The largest absolute Gasteiger partial charge is 0.353 e. The van der Waals surface area contributed by atoms with Gasteiger partial charge in [0, 0.05) is 12.1 Å². The Kier molecular flexibility index (Phi) is 6.69. The van der Waals surface area contributed by atoms with E-state index in [2.05, 4.69) is 38.3 Å². The first-order valence-electron chi connectivity index (χ1n) is 7.55. The van der Waals surface area contributed by atoms with Gasteiger partial charge in [0.25, 0.3) is 0 Å². The SMILES string of the molecule is CCCC(C)NC(=O)CNC1CCC(C)CC1C. The van der Waals surface area contributed by atoms with Crippen LogP contribution in [0.4, 0.5) is 0 Å². The lowest BCUT2D eigenvalue weighted by atomic mass is 9.80. The summed E-state index contributed by atoms with van der Waals surface area (Å²) < 4.78 is 0. The number of hydrogen-bond acceptors (Lipinski definition) is 2. The molecule has 2 N–H and O–H groups in total. The van der Waals surface area contributed by atoms with Crippen LogP contribution in [0.2, 0.25) is 0 Å². The van der Waals surface area contributed by atoms with Crippen LogP contribution in [-0.2, 0) is 4.79 Å². The second-order valence-electron chi connectivity index (χ2n) is 6.14. The summed E-state index contributed by atoms with van der Waals surface area (Å²) >= 11 is 0. The van der Waals surface area contributed by atoms with Crippen molar-refractivity contribution < 1.29 is 4.79 Å². The average molecular weight is 254 g/mol. The Bertz CT molecular complexity index is 255. The average Bonchev–Trinajstić information content (AvgIpc) is 2.28. The van der Waals surface area contributed by atoms with Gasteiger partial charge in [0.2, 0.25) is 5.91 Å². The maximum atomic E-state index is 11.8. The fourth-order valence-electron chi connectivity index (χ4n) is 3.02. The van der Waals surface area contributed by atoms with E-state index in [9.17, 15) is 4.79 Å². The third-order valence-electron chi connectivity index (χ3n) is 4.09. The molecule has 0 aromatic rings. The molecule has 1 aliphatic rings. The number of hydrogen-bond donors (Lipinski definition) is 2. The van der Waals surface area contributed by atoms with Gasteiger partial charge >= 0.3 is 0 Å². The molecule has 0 aromatic carbocycles. The summed E-state index contributed by atoms with van der Waals surface area (Å²) in [6, 6.07) is 0.821. The van der Waals surface area contributed by atoms with E-state index in [1.54, 1.807) is 0 Å². The minimum atomic E-state index is 0.141. The zero-order valence-corrected chi connectivity index (χ0v) is 12.5. The number of nitrogens with one attached hydrogen (secondary N) is 2. The van der Waals surface area contributed by atoms with E-state index < -0.39 is 0 Å². The molecular weight excluding hydrogens is 224 g/mol. The van der Waals surface area contributed by atoms with Crippen LogP contribution in [0.1, 0.15) is 59.8 Å². The van der Waals surface area contributed by atoms with Gasteiger partial charge in [0.15, 0.2) is 0 Å². The lowest BCUT2D eigenvalue weighted by Gasteiger charge is -2.33. The number of carbonyl (C=O) groups is 1. The molecule has 0 radical (unpaired) electrons. The Morgan fingerprint density at radius 3 is 2.67 bits per heavy atom. The first kappa shape index (κ1) is 15.5. The molecule has 3 nitrogen and oxygen atoms in total. The van der Waals surface area contributed by atoms with Crippen LogP contribution < -0.4 is 10.6 Å². The molecule has 106 valence electrons. The van der Waals surface area contributed by atoms with Crippen molar-refractivity contribution in [3.8, 4) is 0 Å². The van der Waals surface area contributed by atoms with Gasteiger partial charge < -0.3 is 10.6 Å². The maximum Gasteiger partial charge on any atom is 0.234 e. The van der Waals surface area contributed by atoms with Crippen molar-refractivity contribution in [1.29, 1.82) is 0 Å². The summed E-state index contributed by atoms with van der Waals surface area (Å²) in [5, 5.41) is 6.47. The molecule has 1 amide bonds. The molecule has 0 spiro atoms. The van der Waals surface area contributed by atoms with Crippen LogP contribution >= 0.6 is 0 Å². The Labute approximate surface area is 112 Å². The molecular formula is C15H30N2O. The van der Waals surface area contributed by atoms with Gasteiger partial charge in [-0.2, -0.15) is 0 Å². The van der Waals surface area contributed by atoms with Gasteiger partial charge in [-0.05, 0) is 44.4 Å². The molecule has 1 rings (SSSR count). The van der Waals surface area contributed by atoms with E-state index in [1.807, 2.05) is 0 Å². The summed E-state index contributed by atoms with van der Waals surface area (Å²) in [6.07, 6.45) is 5.96. The van der Waals surface area contributed by atoms with Crippen LogP contribution in [0.25, 0.3) is 0 Å². The normalized spacial score (nSPS) is 29.9. The van der Waals surface area contributed by atoms with Crippen LogP contribution in [0.3, 0.4) is 0 Å². The Morgan fingerprint density at radius 2 is 2.06 bits per heavy atom. The fourth-order valence-corrected chi connectivity index (χ4v) is 3.02. The van der Waals surface area contributed by atoms with Crippen molar-refractivity contribution in [2.24, 2.45) is 11.8 Å². The van der Waals surface area contributed by atoms with Crippen molar-refractivity contribution in [1.82, 2.24) is 10.6 Å². The highest BCUT2D eigenvalue weighted by Gasteiger charge is 2.25. The van der Waals surface area contributed by atoms with E-state index in [0.717, 1.165) is 18.8 Å². The lowest BCUT2D eigenvalue weighted by molar-refractivity contribution is -0.121. The molecule has 1 fully saturated rings. The van der Waals surface area contributed by atoms with Crippen LogP contribution in [0.15, 0.2) is 0 Å². The van der Waals surface area contributed by atoms with E-state index in [-0.39, 0.29) is 5.91 Å². The predicted molar refractivity (Wildman–Crippen MR) is 76.5 cm³/mol. The second kappa shape index (κ2) is 7.78. The first-order chi connectivity index (χ1) is 8.52. The van der Waals surface area contributed by atoms with E-state index in [4.69, 9.17) is 0 Å². The zero-order chi connectivity index (χ0) is 13.5. The summed E-state index contributed by atoms with van der Waals surface area (Å²) in [5.74, 6) is 1.67. The van der Waals surface area contributed by atoms with Crippen LogP contribution in [0, 0.1) is 11.8 Å². The van der Waals surface area contributed by atoms with E-state index in [1.165, 1.54) is 19.3 Å². The summed E-state index contributed by atoms with van der Waals surface area (Å²) in [4.78, 5) is 11.8. The molecule has 1 aliphatic carbocycles. The summed E-state index contributed by atoms with van der Waals surface area (Å²) in [5.41, 5.74) is 0. The maximum absolute atomic E-state index is 11.8. The van der Waals surface area contributed by atoms with Gasteiger partial charge in [0.1, 0.15) is 0 Å². The van der Waals surface area contributed by atoms with Crippen molar-refractivity contribution in [3.63, 3.8) is 0 Å². The van der Waals surface area contributed by atoms with E-state index >= 15 is 0 Å². The van der Waals surface area contributed by atoms with Gasteiger partial charge in [-0.25, -0.2) is 0 Å². The number of rotatable bonds is 6. The van der Waals surface area contributed by atoms with Gasteiger partial charge in [-0.15, -0.1) is 0 Å². The third-order valence-corrected chi connectivity index (χ3v) is 4.09. The Balaban J connectivity index is 2.21. The molecule has 0 bridgehead atoms. The highest BCUT2D eigenvalue weighted by atomic mass is 16.1. The van der Waals surface area contributed by atoms with Crippen molar-refractivity contribution in [3.05, 3.63) is 0 Å². The molecule has 0 aliphatic heterocycles. The molecule has 0 heterocycles. The predicted octanol–water partition coefficient (Wildman–Crippen LogP) is 2.71. The lowest BCUT2D eigenvalue weighted by Crippen LogP contribution is -2.45. The monoisotopic (exact) mass is 254 g/mol. The summed E-state index contributed by atoms with van der Waals surface area (Å²) in [6.45, 7) is 9.31. The Hall–Kier alpha value is -0.570. The van der Waals surface area contributed by atoms with Crippen molar-refractivity contribution in [2.75, 3.05) is 6.54 Å². The quantitative estimate of drug-likeness (QED) is 0.765. The first-order valence-corrected chi connectivity index (χ1v) is 7.55. The smallest absolute Gasteiger partial charge is 0.234 e. The Morgan fingerprint density at radius 1 is 1.33 bits per heavy atom. The van der Waals surface area contributed by atoms with Crippen LogP contribution in [-0.4, -0.2) is 24.5 Å². The minimum absolute atomic E-state index is 0.141. The molecule has 1 saturated carbocycles. The topological polar surface area (TPSA) is 41.1 Å². The molecule has 0 aromatic heterocycles. The molecule has 0 saturated heterocycles. The molecule has 4 unspecified atom stereocenters. The summed E-state index contributed by atoms with van der Waals surface area (Å²) in [7, 11) is 0. The zero-order valence-electron chi connectivity index (χ0n) is 12.5. The molecule has 18 heavy (non-hydrogen) atoms. The molecule has 4 atom stereocenters. The third kappa shape index (κ3) is 5.38. The van der Waals surface area contributed by atoms with Crippen molar-refractivity contribution >= 4 is 5.91 Å². The van der Waals surface area contributed by atoms with Gasteiger partial charge in [-0.1, -0.05) is 27.2 Å². The minimum Gasteiger partial charge on any atom is -0.353 e. The van der Waals surface area contributed by atoms with Crippen LogP contribution in [0.5, 0.6) is 0 Å². The molecule has 3 heteroatoms. The second-order valence-corrected chi connectivity index (χ2v) is 6.14.